The molecule has 34 heavy (non-hydrogen) atoms. The third-order valence-electron chi connectivity index (χ3n) is 5.28. The maximum atomic E-state index is 11.0. The molecule has 0 bridgehead atoms. The fraction of sp³-hybridized carbons (Fsp3) is 0. The molecule has 0 aliphatic rings. The van der Waals surface area contributed by atoms with Crippen molar-refractivity contribution in [2.45, 2.75) is 0 Å². The average Bonchev–Trinajstić information content (AvgIpc) is 3.48. The molecule has 4 heterocycles. The van der Waals surface area contributed by atoms with Crippen molar-refractivity contribution < 1.29 is 0 Å². The Hall–Kier alpha value is -4.98. The van der Waals surface area contributed by atoms with Gasteiger partial charge in [0.1, 0.15) is 22.7 Å². The van der Waals surface area contributed by atoms with Gasteiger partial charge in [0.25, 0.3) is 0 Å². The van der Waals surface area contributed by atoms with Gasteiger partial charge in [-0.05, 0) is 34.6 Å². The van der Waals surface area contributed by atoms with Crippen LogP contribution >= 0.6 is 0 Å². The van der Waals surface area contributed by atoms with Gasteiger partial charge in [-0.15, -0.1) is 9.81 Å². The summed E-state index contributed by atoms with van der Waals surface area (Å²) in [5.74, 6) is 0.679. The third kappa shape index (κ3) is 3.84. The van der Waals surface area contributed by atoms with Crippen LogP contribution in [0.5, 0.6) is 0 Å². The first-order valence-corrected chi connectivity index (χ1v) is 10.5. The number of nitrogens with zero attached hydrogens (tertiary/aromatic N) is 6. The Morgan fingerprint density at radius 2 is 0.882 bits per heavy atom. The molecule has 4 aromatic heterocycles. The Balaban J connectivity index is 0.000000142. The van der Waals surface area contributed by atoms with Crippen molar-refractivity contribution in [2.75, 3.05) is 0 Å². The first-order valence-electron chi connectivity index (χ1n) is 10.5. The van der Waals surface area contributed by atoms with Gasteiger partial charge in [-0.25, -0.2) is 9.97 Å². The molecule has 0 aliphatic heterocycles. The fourth-order valence-corrected chi connectivity index (χ4v) is 3.72. The minimum Gasteiger partial charge on any atom is -0.281 e. The second-order valence-electron chi connectivity index (χ2n) is 7.34. The molecule has 2 aromatic carbocycles. The second kappa shape index (κ2) is 9.25. The standard InChI is InChI=1S/2C13H9N3O/c2*17-15-13-12(10-6-2-1-3-7-10)14-11-8-4-5-9-16(11)13/h2*1-9H. The van der Waals surface area contributed by atoms with Gasteiger partial charge in [0, 0.05) is 23.5 Å². The van der Waals surface area contributed by atoms with E-state index in [1.54, 1.807) is 21.2 Å². The predicted molar refractivity (Wildman–Crippen MR) is 132 cm³/mol. The first kappa shape index (κ1) is 20.9. The minimum atomic E-state index is 0.340. The van der Waals surface area contributed by atoms with E-state index in [1.807, 2.05) is 97.1 Å². The van der Waals surface area contributed by atoms with Gasteiger partial charge < -0.3 is 0 Å². The van der Waals surface area contributed by atoms with Crippen LogP contribution in [0.1, 0.15) is 0 Å². The van der Waals surface area contributed by atoms with Gasteiger partial charge >= 0.3 is 0 Å². The summed E-state index contributed by atoms with van der Waals surface area (Å²) >= 11 is 0. The van der Waals surface area contributed by atoms with Crippen molar-refractivity contribution in [1.82, 2.24) is 18.8 Å². The van der Waals surface area contributed by atoms with Crippen molar-refractivity contribution in [2.24, 2.45) is 10.4 Å². The highest BCUT2D eigenvalue weighted by Crippen LogP contribution is 2.31. The largest absolute Gasteiger partial charge is 0.281 e. The Kier molecular flexibility index (Phi) is 5.69. The lowest BCUT2D eigenvalue weighted by atomic mass is 10.1. The van der Waals surface area contributed by atoms with Crippen LogP contribution in [0.3, 0.4) is 0 Å². The number of rotatable bonds is 4. The van der Waals surface area contributed by atoms with Crippen molar-refractivity contribution >= 4 is 22.9 Å². The number of hydrogen-bond donors (Lipinski definition) is 0. The van der Waals surface area contributed by atoms with E-state index in [0.717, 1.165) is 22.4 Å². The Morgan fingerprint density at radius 3 is 1.26 bits per heavy atom. The molecule has 6 rings (SSSR count). The molecule has 0 amide bonds. The molecule has 0 saturated carbocycles. The van der Waals surface area contributed by atoms with Crippen LogP contribution in [0.4, 0.5) is 11.6 Å². The Labute approximate surface area is 194 Å². The van der Waals surface area contributed by atoms with E-state index in [9.17, 15) is 9.81 Å². The van der Waals surface area contributed by atoms with Gasteiger partial charge in [-0.1, -0.05) is 72.8 Å². The highest BCUT2D eigenvalue weighted by atomic mass is 16.3. The molecule has 0 atom stereocenters. The van der Waals surface area contributed by atoms with Crippen molar-refractivity contribution in [1.29, 1.82) is 0 Å². The lowest BCUT2D eigenvalue weighted by molar-refractivity contribution is 1.16. The fourth-order valence-electron chi connectivity index (χ4n) is 3.72. The van der Waals surface area contributed by atoms with Crippen LogP contribution in [-0.2, 0) is 0 Å². The van der Waals surface area contributed by atoms with Crippen LogP contribution in [-0.4, -0.2) is 18.8 Å². The zero-order valence-corrected chi connectivity index (χ0v) is 17.9. The minimum absolute atomic E-state index is 0.340. The molecule has 6 aromatic rings. The number of benzene rings is 2. The SMILES string of the molecule is O=Nc1c(-c2ccccc2)nc2ccccn12.O=Nc1c(-c2ccccc2)nc2ccccn12. The first-order chi connectivity index (χ1) is 16.8. The van der Waals surface area contributed by atoms with Crippen LogP contribution < -0.4 is 0 Å². The summed E-state index contributed by atoms with van der Waals surface area (Å²) in [5, 5.41) is 6.17. The molecule has 0 saturated heterocycles. The molecule has 0 radical (unpaired) electrons. The van der Waals surface area contributed by atoms with E-state index < -0.39 is 0 Å². The number of imidazole rings is 2. The highest BCUT2D eigenvalue weighted by Gasteiger charge is 2.14. The van der Waals surface area contributed by atoms with Crippen LogP contribution in [0, 0.1) is 9.81 Å². The van der Waals surface area contributed by atoms with Crippen LogP contribution in [0.25, 0.3) is 33.8 Å². The van der Waals surface area contributed by atoms with Gasteiger partial charge in [0.15, 0.2) is 0 Å². The van der Waals surface area contributed by atoms with Gasteiger partial charge in [-0.2, -0.15) is 0 Å². The highest BCUT2D eigenvalue weighted by molar-refractivity contribution is 5.75. The molecule has 8 heteroatoms. The maximum absolute atomic E-state index is 11.0. The van der Waals surface area contributed by atoms with Gasteiger partial charge in [0.05, 0.1) is 0 Å². The van der Waals surface area contributed by atoms with Gasteiger partial charge in [-0.3, -0.25) is 8.80 Å². The van der Waals surface area contributed by atoms with E-state index in [4.69, 9.17) is 0 Å². The summed E-state index contributed by atoms with van der Waals surface area (Å²) in [7, 11) is 0. The second-order valence-corrected chi connectivity index (χ2v) is 7.34. The summed E-state index contributed by atoms with van der Waals surface area (Å²) in [6.45, 7) is 0. The van der Waals surface area contributed by atoms with E-state index in [2.05, 4.69) is 20.3 Å². The van der Waals surface area contributed by atoms with E-state index >= 15 is 0 Å². The van der Waals surface area contributed by atoms with E-state index in [-0.39, 0.29) is 0 Å². The number of pyridine rings is 2. The molecular formula is C26H18N6O2. The van der Waals surface area contributed by atoms with Crippen LogP contribution in [0.15, 0.2) is 120 Å². The molecule has 0 aliphatic carbocycles. The normalized spacial score (nSPS) is 10.6. The third-order valence-corrected chi connectivity index (χ3v) is 5.28. The maximum Gasteiger partial charge on any atom is 0.209 e. The number of aromatic nitrogens is 4. The van der Waals surface area contributed by atoms with Crippen LogP contribution in [0.2, 0.25) is 0 Å². The Morgan fingerprint density at radius 1 is 0.500 bits per heavy atom. The number of fused-ring (bicyclic) bond motifs is 2. The monoisotopic (exact) mass is 446 g/mol. The molecule has 0 unspecified atom stereocenters. The zero-order chi connectivity index (χ0) is 23.3. The molecule has 0 fully saturated rings. The summed E-state index contributed by atoms with van der Waals surface area (Å²) in [6.07, 6.45) is 3.57. The molecule has 0 N–H and O–H groups in total. The van der Waals surface area contributed by atoms with Crippen molar-refractivity contribution in [3.63, 3.8) is 0 Å². The van der Waals surface area contributed by atoms with Crippen molar-refractivity contribution in [3.8, 4) is 22.5 Å². The molecule has 164 valence electrons. The summed E-state index contributed by atoms with van der Waals surface area (Å²) in [4.78, 5) is 30.8. The summed E-state index contributed by atoms with van der Waals surface area (Å²) < 4.78 is 3.38. The predicted octanol–water partition coefficient (Wildman–Crippen LogP) is 6.80. The lowest BCUT2D eigenvalue weighted by Crippen LogP contribution is -1.80. The molecule has 8 nitrogen and oxygen atoms in total. The van der Waals surface area contributed by atoms with Crippen molar-refractivity contribution in [3.05, 3.63) is 119 Å². The zero-order valence-electron chi connectivity index (χ0n) is 17.9. The Bertz CT molecular complexity index is 1470. The molecular weight excluding hydrogens is 428 g/mol. The number of hydrogen-bond acceptors (Lipinski definition) is 6. The smallest absolute Gasteiger partial charge is 0.209 e. The van der Waals surface area contributed by atoms with Gasteiger partial charge in [0.2, 0.25) is 11.6 Å². The summed E-state index contributed by atoms with van der Waals surface area (Å²) in [6, 6.07) is 30.3. The molecule has 0 spiro atoms. The lowest BCUT2D eigenvalue weighted by Gasteiger charge is -1.96. The quantitative estimate of drug-likeness (QED) is 0.278. The van der Waals surface area contributed by atoms with E-state index in [1.165, 1.54) is 0 Å². The topological polar surface area (TPSA) is 93.5 Å². The average molecular weight is 446 g/mol. The van der Waals surface area contributed by atoms with E-state index in [0.29, 0.717) is 23.0 Å². The summed E-state index contributed by atoms with van der Waals surface area (Å²) in [5.41, 5.74) is 4.47. The number of nitroso groups, excluding NO2 is 2.